The SMILES string of the molecule is C#C[C@@H]1[C@H]2CCCC[C@@H]2CC12OCCO2. The van der Waals surface area contributed by atoms with Gasteiger partial charge in [-0.05, 0) is 24.7 Å². The van der Waals surface area contributed by atoms with Gasteiger partial charge in [-0.3, -0.25) is 0 Å². The van der Waals surface area contributed by atoms with E-state index in [1.807, 2.05) is 0 Å². The first-order chi connectivity index (χ1) is 7.36. The lowest BCUT2D eigenvalue weighted by Crippen LogP contribution is -2.35. The molecule has 0 aromatic heterocycles. The zero-order chi connectivity index (χ0) is 10.3. The maximum Gasteiger partial charge on any atom is 0.182 e. The van der Waals surface area contributed by atoms with E-state index >= 15 is 0 Å². The summed E-state index contributed by atoms with van der Waals surface area (Å²) in [6, 6.07) is 0. The molecule has 0 amide bonds. The van der Waals surface area contributed by atoms with Gasteiger partial charge in [0.25, 0.3) is 0 Å². The van der Waals surface area contributed by atoms with Crippen LogP contribution in [0.15, 0.2) is 0 Å². The van der Waals surface area contributed by atoms with Gasteiger partial charge in [0.1, 0.15) is 0 Å². The van der Waals surface area contributed by atoms with E-state index in [2.05, 4.69) is 5.92 Å². The molecule has 3 atom stereocenters. The second-order valence-electron chi connectivity index (χ2n) is 5.07. The number of hydrogen-bond acceptors (Lipinski definition) is 2. The van der Waals surface area contributed by atoms with Crippen molar-refractivity contribution in [2.24, 2.45) is 17.8 Å². The molecule has 1 saturated heterocycles. The Morgan fingerprint density at radius 3 is 2.60 bits per heavy atom. The van der Waals surface area contributed by atoms with Gasteiger partial charge >= 0.3 is 0 Å². The van der Waals surface area contributed by atoms with Gasteiger partial charge in [-0.15, -0.1) is 6.42 Å². The second kappa shape index (κ2) is 3.50. The van der Waals surface area contributed by atoms with Crippen LogP contribution in [0.4, 0.5) is 0 Å². The lowest BCUT2D eigenvalue weighted by Gasteiger charge is -2.29. The average Bonchev–Trinajstić information content (AvgIpc) is 2.83. The molecular formula is C13H18O2. The summed E-state index contributed by atoms with van der Waals surface area (Å²) < 4.78 is 11.7. The van der Waals surface area contributed by atoms with E-state index in [9.17, 15) is 0 Å². The summed E-state index contributed by atoms with van der Waals surface area (Å²) in [5.41, 5.74) is 0. The van der Waals surface area contributed by atoms with Gasteiger partial charge < -0.3 is 9.47 Å². The Kier molecular flexibility index (Phi) is 2.26. The Bertz CT molecular complexity index is 285. The van der Waals surface area contributed by atoms with Crippen molar-refractivity contribution in [1.82, 2.24) is 0 Å². The Hall–Kier alpha value is -0.520. The predicted octanol–water partition coefficient (Wildman–Crippen LogP) is 2.19. The molecule has 1 aliphatic heterocycles. The molecule has 2 saturated carbocycles. The van der Waals surface area contributed by atoms with E-state index in [0.29, 0.717) is 5.92 Å². The van der Waals surface area contributed by atoms with Crippen LogP contribution in [0.2, 0.25) is 0 Å². The summed E-state index contributed by atoms with van der Waals surface area (Å²) in [6.07, 6.45) is 12.0. The number of rotatable bonds is 0. The van der Waals surface area contributed by atoms with E-state index in [0.717, 1.165) is 25.6 Å². The van der Waals surface area contributed by atoms with Crippen molar-refractivity contribution in [3.8, 4) is 12.3 Å². The number of ether oxygens (including phenoxy) is 2. The standard InChI is InChI=1S/C13H18O2/c1-2-12-11-6-4-3-5-10(11)9-13(12)14-7-8-15-13/h1,10-12H,3-9H2/t10-,11+,12-/m1/s1. The third kappa shape index (κ3) is 1.33. The van der Waals surface area contributed by atoms with Gasteiger partial charge in [0.15, 0.2) is 5.79 Å². The summed E-state index contributed by atoms with van der Waals surface area (Å²) in [6.45, 7) is 1.44. The topological polar surface area (TPSA) is 18.5 Å². The molecule has 0 aromatic rings. The molecule has 0 aromatic carbocycles. The first-order valence-corrected chi connectivity index (χ1v) is 6.10. The van der Waals surface area contributed by atoms with Gasteiger partial charge in [-0.1, -0.05) is 18.8 Å². The fourth-order valence-corrected chi connectivity index (χ4v) is 3.77. The van der Waals surface area contributed by atoms with Crippen LogP contribution in [0.1, 0.15) is 32.1 Å². The molecule has 15 heavy (non-hydrogen) atoms. The van der Waals surface area contributed by atoms with E-state index in [1.165, 1.54) is 25.7 Å². The Balaban J connectivity index is 1.88. The maximum absolute atomic E-state index is 5.83. The molecule has 3 fully saturated rings. The lowest BCUT2D eigenvalue weighted by molar-refractivity contribution is -0.173. The zero-order valence-corrected chi connectivity index (χ0v) is 9.08. The van der Waals surface area contributed by atoms with Gasteiger partial charge in [-0.2, -0.15) is 0 Å². The predicted molar refractivity (Wildman–Crippen MR) is 57.0 cm³/mol. The molecule has 0 unspecified atom stereocenters. The minimum atomic E-state index is -0.394. The van der Waals surface area contributed by atoms with Gasteiger partial charge in [0, 0.05) is 6.42 Å². The van der Waals surface area contributed by atoms with Gasteiger partial charge in [-0.25, -0.2) is 0 Å². The molecule has 0 bridgehead atoms. The molecule has 2 nitrogen and oxygen atoms in total. The highest BCUT2D eigenvalue weighted by atomic mass is 16.7. The zero-order valence-electron chi connectivity index (χ0n) is 9.08. The number of hydrogen-bond donors (Lipinski definition) is 0. The monoisotopic (exact) mass is 206 g/mol. The van der Waals surface area contributed by atoms with E-state index < -0.39 is 5.79 Å². The van der Waals surface area contributed by atoms with Gasteiger partial charge in [0.05, 0.1) is 19.1 Å². The van der Waals surface area contributed by atoms with Crippen molar-refractivity contribution >= 4 is 0 Å². The summed E-state index contributed by atoms with van der Waals surface area (Å²) in [4.78, 5) is 0. The normalized spacial score (nSPS) is 42.7. The fourth-order valence-electron chi connectivity index (χ4n) is 3.77. The summed E-state index contributed by atoms with van der Waals surface area (Å²) in [7, 11) is 0. The van der Waals surface area contributed by atoms with Crippen molar-refractivity contribution in [2.75, 3.05) is 13.2 Å². The van der Waals surface area contributed by atoms with Crippen molar-refractivity contribution in [1.29, 1.82) is 0 Å². The van der Waals surface area contributed by atoms with Crippen LogP contribution in [0.3, 0.4) is 0 Å². The average molecular weight is 206 g/mol. The molecule has 0 radical (unpaired) electrons. The van der Waals surface area contributed by atoms with Crippen molar-refractivity contribution in [3.63, 3.8) is 0 Å². The summed E-state index contributed by atoms with van der Waals surface area (Å²) in [5, 5.41) is 0. The Labute approximate surface area is 91.3 Å². The molecule has 1 heterocycles. The molecule has 3 aliphatic rings. The molecule has 3 rings (SSSR count). The van der Waals surface area contributed by atoms with Crippen LogP contribution < -0.4 is 0 Å². The van der Waals surface area contributed by atoms with E-state index in [-0.39, 0.29) is 5.92 Å². The van der Waals surface area contributed by atoms with E-state index in [1.54, 1.807) is 0 Å². The smallest absolute Gasteiger partial charge is 0.182 e. The number of terminal acetylenes is 1. The molecule has 2 aliphatic carbocycles. The molecular weight excluding hydrogens is 188 g/mol. The largest absolute Gasteiger partial charge is 0.346 e. The molecule has 0 N–H and O–H groups in total. The van der Waals surface area contributed by atoms with Crippen LogP contribution >= 0.6 is 0 Å². The number of fused-ring (bicyclic) bond motifs is 1. The van der Waals surface area contributed by atoms with Crippen LogP contribution in [0.5, 0.6) is 0 Å². The first kappa shape index (κ1) is 9.69. The highest BCUT2D eigenvalue weighted by Crippen LogP contribution is 2.53. The third-order valence-electron chi connectivity index (χ3n) is 4.37. The van der Waals surface area contributed by atoms with Crippen molar-refractivity contribution in [2.45, 2.75) is 37.9 Å². The minimum Gasteiger partial charge on any atom is -0.346 e. The second-order valence-corrected chi connectivity index (χ2v) is 5.07. The van der Waals surface area contributed by atoms with Crippen LogP contribution in [0.25, 0.3) is 0 Å². The maximum atomic E-state index is 5.83. The van der Waals surface area contributed by atoms with Gasteiger partial charge in [0.2, 0.25) is 0 Å². The van der Waals surface area contributed by atoms with Crippen LogP contribution in [-0.2, 0) is 9.47 Å². The highest BCUT2D eigenvalue weighted by molar-refractivity contribution is 5.12. The minimum absolute atomic E-state index is 0.199. The van der Waals surface area contributed by atoms with Crippen LogP contribution in [0, 0.1) is 30.1 Å². The molecule has 1 spiro atoms. The fraction of sp³-hybridized carbons (Fsp3) is 0.846. The van der Waals surface area contributed by atoms with Crippen molar-refractivity contribution < 1.29 is 9.47 Å². The molecule has 2 heteroatoms. The highest BCUT2D eigenvalue weighted by Gasteiger charge is 2.56. The first-order valence-electron chi connectivity index (χ1n) is 6.10. The third-order valence-corrected chi connectivity index (χ3v) is 4.37. The quantitative estimate of drug-likeness (QED) is 0.566. The summed E-state index contributed by atoms with van der Waals surface area (Å²) >= 11 is 0. The molecule has 82 valence electrons. The van der Waals surface area contributed by atoms with E-state index in [4.69, 9.17) is 15.9 Å². The summed E-state index contributed by atoms with van der Waals surface area (Å²) in [5.74, 6) is 4.15. The van der Waals surface area contributed by atoms with Crippen LogP contribution in [-0.4, -0.2) is 19.0 Å². The lowest BCUT2D eigenvalue weighted by atomic mass is 9.78. The Morgan fingerprint density at radius 1 is 1.13 bits per heavy atom. The Morgan fingerprint density at radius 2 is 1.87 bits per heavy atom. The van der Waals surface area contributed by atoms with Crippen molar-refractivity contribution in [3.05, 3.63) is 0 Å².